The topological polar surface area (TPSA) is 124 Å². The summed E-state index contributed by atoms with van der Waals surface area (Å²) < 4.78 is 0.830. The van der Waals surface area contributed by atoms with Crippen LogP contribution in [0, 0.1) is 0 Å². The van der Waals surface area contributed by atoms with E-state index in [2.05, 4.69) is 31.3 Å². The van der Waals surface area contributed by atoms with Crippen LogP contribution < -0.4 is 11.2 Å². The molecule has 0 spiro atoms. The number of hydrogen-bond donors (Lipinski definition) is 4. The molecule has 4 rings (SSSR count). The van der Waals surface area contributed by atoms with Gasteiger partial charge in [0.2, 0.25) is 0 Å². The lowest BCUT2D eigenvalue weighted by Gasteiger charge is -2.13. The largest absolute Gasteiger partial charge is 0.361 e. The highest BCUT2D eigenvalue weighted by Crippen LogP contribution is 2.37. The number of carbonyl (C=O) groups excluding carboxylic acids is 3. The molecular weight excluding hydrogens is 402 g/mol. The van der Waals surface area contributed by atoms with Gasteiger partial charge in [0.25, 0.3) is 11.8 Å². The lowest BCUT2D eigenvalue weighted by molar-refractivity contribution is -0.138. The minimum Gasteiger partial charge on any atom is -0.361 e. The molecule has 5 N–H and O–H groups in total. The van der Waals surface area contributed by atoms with E-state index in [-0.39, 0.29) is 11.1 Å². The molecule has 0 fully saturated rings. The SMILES string of the molecule is NC(=O)NN1C(=O)C(c2ccc[nH]2)=C(c2c[nH]c3ccc(Br)cc23)C1=O. The van der Waals surface area contributed by atoms with Gasteiger partial charge in [-0.1, -0.05) is 15.9 Å². The highest BCUT2D eigenvalue weighted by Gasteiger charge is 2.41. The Morgan fingerprint density at radius 2 is 1.88 bits per heavy atom. The number of nitrogens with two attached hydrogens (primary N) is 1. The second-order valence-electron chi connectivity index (χ2n) is 5.65. The maximum atomic E-state index is 12.9. The summed E-state index contributed by atoms with van der Waals surface area (Å²) in [4.78, 5) is 43.0. The van der Waals surface area contributed by atoms with Crippen LogP contribution in [0.25, 0.3) is 22.0 Å². The van der Waals surface area contributed by atoms with Gasteiger partial charge in [-0.05, 0) is 30.3 Å². The van der Waals surface area contributed by atoms with Gasteiger partial charge in [-0.15, -0.1) is 0 Å². The van der Waals surface area contributed by atoms with Gasteiger partial charge in [0, 0.05) is 33.3 Å². The van der Waals surface area contributed by atoms with E-state index in [4.69, 9.17) is 5.73 Å². The second-order valence-corrected chi connectivity index (χ2v) is 6.56. The van der Waals surface area contributed by atoms with Gasteiger partial charge in [0.15, 0.2) is 0 Å². The molecule has 1 aromatic carbocycles. The fourth-order valence-electron chi connectivity index (χ4n) is 3.03. The maximum absolute atomic E-state index is 12.9. The molecule has 0 atom stereocenters. The van der Waals surface area contributed by atoms with Crippen molar-refractivity contribution in [2.75, 3.05) is 0 Å². The van der Waals surface area contributed by atoms with E-state index in [9.17, 15) is 14.4 Å². The molecule has 3 heterocycles. The average molecular weight is 414 g/mol. The molecule has 3 aromatic rings. The smallest absolute Gasteiger partial charge is 0.331 e. The van der Waals surface area contributed by atoms with Crippen LogP contribution >= 0.6 is 15.9 Å². The Bertz CT molecular complexity index is 1100. The molecule has 2 aromatic heterocycles. The monoisotopic (exact) mass is 413 g/mol. The number of rotatable bonds is 3. The molecule has 0 saturated carbocycles. The summed E-state index contributed by atoms with van der Waals surface area (Å²) >= 11 is 3.41. The Kier molecular flexibility index (Phi) is 3.66. The van der Waals surface area contributed by atoms with Crippen molar-refractivity contribution in [1.82, 2.24) is 20.4 Å². The highest BCUT2D eigenvalue weighted by molar-refractivity contribution is 9.10. The first kappa shape index (κ1) is 16.2. The molecule has 9 heteroatoms. The normalized spacial score (nSPS) is 14.6. The summed E-state index contributed by atoms with van der Waals surface area (Å²) in [6, 6.07) is 7.97. The number of H-pyrrole nitrogens is 2. The first-order valence-corrected chi connectivity index (χ1v) is 8.36. The van der Waals surface area contributed by atoms with E-state index >= 15 is 0 Å². The summed E-state index contributed by atoms with van der Waals surface area (Å²) in [5.74, 6) is -1.31. The fraction of sp³-hybridized carbons (Fsp3) is 0. The summed E-state index contributed by atoms with van der Waals surface area (Å²) in [5, 5.41) is 1.39. The lowest BCUT2D eigenvalue weighted by Crippen LogP contribution is -2.49. The van der Waals surface area contributed by atoms with Crippen LogP contribution in [0.15, 0.2) is 47.2 Å². The predicted octanol–water partition coefficient (Wildman–Crippen LogP) is 2.12. The number of carbonyl (C=O) groups is 3. The number of imide groups is 1. The standard InChI is InChI=1S/C17H12BrN5O3/c18-8-3-4-11-9(6-8)10(7-21-11)13-14(12-2-1-5-20-12)16(25)23(15(13)24)22-17(19)26/h1-7,20-21H,(H3,19,22,26). The van der Waals surface area contributed by atoms with Gasteiger partial charge in [-0.3, -0.25) is 9.59 Å². The number of nitrogens with zero attached hydrogens (tertiary/aromatic N) is 1. The number of hydrogen-bond acceptors (Lipinski definition) is 3. The van der Waals surface area contributed by atoms with Crippen molar-refractivity contribution in [2.24, 2.45) is 5.73 Å². The molecule has 1 aliphatic rings. The number of hydrazine groups is 1. The Hall–Kier alpha value is -3.33. The van der Waals surface area contributed by atoms with Crippen molar-refractivity contribution in [3.63, 3.8) is 0 Å². The van der Waals surface area contributed by atoms with Gasteiger partial charge in [0.05, 0.1) is 16.8 Å². The molecule has 4 amide bonds. The average Bonchev–Trinajstić information content (AvgIpc) is 3.29. The lowest BCUT2D eigenvalue weighted by atomic mass is 9.99. The number of halogens is 1. The quantitative estimate of drug-likeness (QED) is 0.491. The van der Waals surface area contributed by atoms with Gasteiger partial charge in [-0.25, -0.2) is 10.2 Å². The molecule has 0 unspecified atom stereocenters. The van der Waals surface area contributed by atoms with Crippen LogP contribution in [0.2, 0.25) is 0 Å². The van der Waals surface area contributed by atoms with Crippen molar-refractivity contribution < 1.29 is 14.4 Å². The number of benzene rings is 1. The number of urea groups is 1. The molecule has 130 valence electrons. The van der Waals surface area contributed by atoms with Crippen molar-refractivity contribution in [2.45, 2.75) is 0 Å². The van der Waals surface area contributed by atoms with Crippen LogP contribution in [0.3, 0.4) is 0 Å². The third kappa shape index (κ3) is 2.40. The van der Waals surface area contributed by atoms with Crippen LogP contribution in [0.5, 0.6) is 0 Å². The Balaban J connectivity index is 1.97. The van der Waals surface area contributed by atoms with Crippen LogP contribution in [0.4, 0.5) is 4.79 Å². The maximum Gasteiger partial charge on any atom is 0.331 e. The van der Waals surface area contributed by atoms with Gasteiger partial charge in [0.1, 0.15) is 0 Å². The molecule has 0 bridgehead atoms. The number of aromatic nitrogens is 2. The van der Waals surface area contributed by atoms with E-state index in [1.54, 1.807) is 24.5 Å². The zero-order valence-corrected chi connectivity index (χ0v) is 14.8. The van der Waals surface area contributed by atoms with Crippen LogP contribution in [0.1, 0.15) is 11.3 Å². The van der Waals surface area contributed by atoms with Crippen molar-refractivity contribution in [1.29, 1.82) is 0 Å². The summed E-state index contributed by atoms with van der Waals surface area (Å²) in [6.45, 7) is 0. The molecule has 0 saturated heterocycles. The number of primary amides is 1. The number of nitrogens with one attached hydrogen (secondary N) is 3. The van der Waals surface area contributed by atoms with E-state index in [1.807, 2.05) is 18.2 Å². The zero-order chi connectivity index (χ0) is 18.4. The summed E-state index contributed by atoms with van der Waals surface area (Å²) in [5.41, 5.74) is 9.35. The number of amides is 4. The highest BCUT2D eigenvalue weighted by atomic mass is 79.9. The van der Waals surface area contributed by atoms with E-state index in [0.29, 0.717) is 16.3 Å². The Morgan fingerprint density at radius 1 is 1.12 bits per heavy atom. The van der Waals surface area contributed by atoms with Crippen molar-refractivity contribution in [3.8, 4) is 0 Å². The van der Waals surface area contributed by atoms with Crippen molar-refractivity contribution in [3.05, 3.63) is 58.5 Å². The zero-order valence-electron chi connectivity index (χ0n) is 13.2. The third-order valence-corrected chi connectivity index (χ3v) is 4.58. The number of aromatic amines is 2. The number of fused-ring (bicyclic) bond motifs is 1. The van der Waals surface area contributed by atoms with Crippen LogP contribution in [-0.2, 0) is 9.59 Å². The second kappa shape index (κ2) is 5.88. The summed E-state index contributed by atoms with van der Waals surface area (Å²) in [6.07, 6.45) is 3.31. The summed E-state index contributed by atoms with van der Waals surface area (Å²) in [7, 11) is 0. The third-order valence-electron chi connectivity index (χ3n) is 4.09. The molecule has 1 aliphatic heterocycles. The molecule has 8 nitrogen and oxygen atoms in total. The molecular formula is C17H12BrN5O3. The van der Waals surface area contributed by atoms with Gasteiger partial charge < -0.3 is 15.7 Å². The minimum atomic E-state index is -1.000. The van der Waals surface area contributed by atoms with Gasteiger partial charge >= 0.3 is 6.03 Å². The minimum absolute atomic E-state index is 0.162. The molecule has 26 heavy (non-hydrogen) atoms. The van der Waals surface area contributed by atoms with E-state index in [0.717, 1.165) is 15.4 Å². The predicted molar refractivity (Wildman–Crippen MR) is 98.2 cm³/mol. The van der Waals surface area contributed by atoms with Crippen LogP contribution in [-0.4, -0.2) is 32.8 Å². The van der Waals surface area contributed by atoms with E-state index < -0.39 is 17.8 Å². The molecule has 0 radical (unpaired) electrons. The Morgan fingerprint density at radius 3 is 2.58 bits per heavy atom. The van der Waals surface area contributed by atoms with E-state index in [1.165, 1.54) is 0 Å². The first-order valence-electron chi connectivity index (χ1n) is 7.57. The Labute approximate surface area is 155 Å². The fourth-order valence-corrected chi connectivity index (χ4v) is 3.39. The van der Waals surface area contributed by atoms with Crippen molar-refractivity contribution >= 4 is 55.8 Å². The first-order chi connectivity index (χ1) is 12.5. The van der Waals surface area contributed by atoms with Gasteiger partial charge in [-0.2, -0.15) is 5.01 Å². The molecule has 0 aliphatic carbocycles.